The van der Waals surface area contributed by atoms with Gasteiger partial charge in [0, 0.05) is 23.4 Å². The van der Waals surface area contributed by atoms with Crippen molar-refractivity contribution in [3.8, 4) is 28.8 Å². The van der Waals surface area contributed by atoms with Gasteiger partial charge in [0.15, 0.2) is 5.82 Å². The highest BCUT2D eigenvalue weighted by Crippen LogP contribution is 2.31. The van der Waals surface area contributed by atoms with Gasteiger partial charge < -0.3 is 19.5 Å². The van der Waals surface area contributed by atoms with Crippen LogP contribution < -0.4 is 14.8 Å². The average Bonchev–Trinajstić information content (AvgIpc) is 3.35. The third kappa shape index (κ3) is 6.48. The number of hydrogen-bond donors (Lipinski definition) is 1. The molecular formula is C27H25F3N4O4. The topological polar surface area (TPSA) is 87.5 Å². The first-order valence-corrected chi connectivity index (χ1v) is 11.7. The van der Waals surface area contributed by atoms with Crippen molar-refractivity contribution < 1.29 is 32.2 Å². The number of halogens is 3. The maximum absolute atomic E-state index is 13.0. The highest BCUT2D eigenvalue weighted by Gasteiger charge is 2.30. The van der Waals surface area contributed by atoms with Gasteiger partial charge in [0.1, 0.15) is 12.4 Å². The number of hydrogen-bond acceptors (Lipinski definition) is 6. The Labute approximate surface area is 217 Å². The Bertz CT molecular complexity index is 1370. The first-order valence-electron chi connectivity index (χ1n) is 11.7. The molecule has 11 heteroatoms. The van der Waals surface area contributed by atoms with Gasteiger partial charge in [0.2, 0.25) is 0 Å². The van der Waals surface area contributed by atoms with Crippen molar-refractivity contribution in [2.45, 2.75) is 13.1 Å². The molecule has 8 nitrogen and oxygen atoms in total. The highest BCUT2D eigenvalue weighted by atomic mass is 19.4. The molecule has 38 heavy (non-hydrogen) atoms. The van der Waals surface area contributed by atoms with E-state index in [0.29, 0.717) is 47.3 Å². The van der Waals surface area contributed by atoms with E-state index >= 15 is 0 Å². The van der Waals surface area contributed by atoms with Crippen LogP contribution in [0.15, 0.2) is 72.8 Å². The predicted molar refractivity (Wildman–Crippen MR) is 135 cm³/mol. The molecule has 0 saturated carbocycles. The zero-order chi connectivity index (χ0) is 27.1. The molecular weight excluding hydrogens is 501 g/mol. The molecule has 198 valence electrons. The third-order valence-corrected chi connectivity index (χ3v) is 5.42. The lowest BCUT2D eigenvalue weighted by Crippen LogP contribution is -2.12. The Kier molecular flexibility index (Phi) is 8.27. The van der Waals surface area contributed by atoms with Crippen molar-refractivity contribution in [2.24, 2.45) is 0 Å². The number of amides is 1. The fraction of sp³-hybridized carbons (Fsp3) is 0.222. The molecule has 0 saturated heterocycles. The Morgan fingerprint density at radius 3 is 2.39 bits per heavy atom. The van der Waals surface area contributed by atoms with Crippen molar-refractivity contribution >= 4 is 11.6 Å². The van der Waals surface area contributed by atoms with Gasteiger partial charge in [0.05, 0.1) is 25.0 Å². The summed E-state index contributed by atoms with van der Waals surface area (Å²) >= 11 is 0. The van der Waals surface area contributed by atoms with Crippen molar-refractivity contribution in [3.63, 3.8) is 0 Å². The van der Waals surface area contributed by atoms with E-state index in [2.05, 4.69) is 15.4 Å². The Morgan fingerprint density at radius 2 is 1.74 bits per heavy atom. The summed E-state index contributed by atoms with van der Waals surface area (Å²) in [5.41, 5.74) is 1.18. The molecule has 0 atom stereocenters. The van der Waals surface area contributed by atoms with E-state index < -0.39 is 11.7 Å². The van der Waals surface area contributed by atoms with Gasteiger partial charge in [-0.05, 0) is 61.5 Å². The van der Waals surface area contributed by atoms with Gasteiger partial charge in [-0.15, -0.1) is 5.10 Å². The Hall–Kier alpha value is -4.38. The van der Waals surface area contributed by atoms with E-state index in [0.717, 1.165) is 12.1 Å². The molecule has 1 N–H and O–H groups in total. The van der Waals surface area contributed by atoms with Crippen LogP contribution in [0, 0.1) is 0 Å². The maximum Gasteiger partial charge on any atom is 0.416 e. The number of nitrogens with zero attached hydrogens (tertiary/aromatic N) is 3. The first-order chi connectivity index (χ1) is 18.3. The normalized spacial score (nSPS) is 11.3. The monoisotopic (exact) mass is 526 g/mol. The number of aromatic nitrogens is 3. The summed E-state index contributed by atoms with van der Waals surface area (Å²) in [6, 6.07) is 18.2. The van der Waals surface area contributed by atoms with Crippen LogP contribution in [0.25, 0.3) is 17.1 Å². The van der Waals surface area contributed by atoms with Crippen molar-refractivity contribution in [3.05, 3.63) is 83.9 Å². The molecule has 0 spiro atoms. The maximum atomic E-state index is 13.0. The zero-order valence-electron chi connectivity index (χ0n) is 20.7. The van der Waals surface area contributed by atoms with E-state index in [4.69, 9.17) is 14.2 Å². The van der Waals surface area contributed by atoms with E-state index in [1.807, 2.05) is 6.92 Å². The molecule has 1 amide bonds. The number of carbonyl (C=O) groups is 1. The van der Waals surface area contributed by atoms with Gasteiger partial charge in [-0.25, -0.2) is 4.68 Å². The first kappa shape index (κ1) is 26.7. The average molecular weight is 527 g/mol. The fourth-order valence-electron chi connectivity index (χ4n) is 3.52. The molecule has 0 aliphatic carbocycles. The second kappa shape index (κ2) is 11.8. The van der Waals surface area contributed by atoms with Crippen LogP contribution >= 0.6 is 0 Å². The fourth-order valence-corrected chi connectivity index (χ4v) is 3.52. The van der Waals surface area contributed by atoms with Crippen LogP contribution in [0.2, 0.25) is 0 Å². The number of carbonyl (C=O) groups excluding carboxylic acids is 1. The molecule has 0 aliphatic rings. The minimum atomic E-state index is -4.45. The minimum absolute atomic E-state index is 0.0509. The lowest BCUT2D eigenvalue weighted by molar-refractivity contribution is -0.137. The second-order valence-corrected chi connectivity index (χ2v) is 7.98. The van der Waals surface area contributed by atoms with Crippen LogP contribution in [-0.2, 0) is 10.9 Å². The Morgan fingerprint density at radius 1 is 1.00 bits per heavy atom. The van der Waals surface area contributed by atoms with Crippen LogP contribution in [0.3, 0.4) is 0 Å². The molecule has 4 aromatic rings. The Balaban J connectivity index is 1.59. The number of ether oxygens (including phenoxy) is 3. The number of nitrogens with one attached hydrogen (secondary N) is 1. The minimum Gasteiger partial charge on any atom is -0.497 e. The summed E-state index contributed by atoms with van der Waals surface area (Å²) in [5.74, 6) is 0.542. The van der Waals surface area contributed by atoms with Gasteiger partial charge in [-0.3, -0.25) is 4.79 Å². The van der Waals surface area contributed by atoms with Crippen LogP contribution in [0.5, 0.6) is 11.8 Å². The summed E-state index contributed by atoms with van der Waals surface area (Å²) in [7, 11) is 1.52. The van der Waals surface area contributed by atoms with Gasteiger partial charge in [0.25, 0.3) is 5.91 Å². The largest absolute Gasteiger partial charge is 0.497 e. The predicted octanol–water partition coefficient (Wildman–Crippen LogP) is 5.63. The van der Waals surface area contributed by atoms with Crippen molar-refractivity contribution in [2.75, 3.05) is 32.2 Å². The molecule has 0 bridgehead atoms. The number of alkyl halides is 3. The van der Waals surface area contributed by atoms with E-state index in [1.54, 1.807) is 48.5 Å². The van der Waals surface area contributed by atoms with Crippen molar-refractivity contribution in [1.29, 1.82) is 0 Å². The summed E-state index contributed by atoms with van der Waals surface area (Å²) in [6.07, 6.45) is -4.45. The van der Waals surface area contributed by atoms with Crippen LogP contribution in [0.4, 0.5) is 18.9 Å². The molecule has 0 unspecified atom stereocenters. The summed E-state index contributed by atoms with van der Waals surface area (Å²) in [4.78, 5) is 17.0. The van der Waals surface area contributed by atoms with E-state index in [-0.39, 0.29) is 18.5 Å². The van der Waals surface area contributed by atoms with Crippen molar-refractivity contribution in [1.82, 2.24) is 14.8 Å². The quantitative estimate of drug-likeness (QED) is 0.270. The second-order valence-electron chi connectivity index (χ2n) is 7.98. The van der Waals surface area contributed by atoms with E-state index in [9.17, 15) is 18.0 Å². The lowest BCUT2D eigenvalue weighted by Gasteiger charge is -2.10. The van der Waals surface area contributed by atoms with Gasteiger partial charge >= 0.3 is 12.2 Å². The van der Waals surface area contributed by atoms with Crippen LogP contribution in [-0.4, -0.2) is 47.6 Å². The molecule has 4 rings (SSSR count). The summed E-state index contributed by atoms with van der Waals surface area (Å²) in [6.45, 7) is 2.93. The zero-order valence-corrected chi connectivity index (χ0v) is 20.7. The molecule has 0 radical (unpaired) electrons. The van der Waals surface area contributed by atoms with Gasteiger partial charge in [-0.2, -0.15) is 18.2 Å². The summed E-state index contributed by atoms with van der Waals surface area (Å²) in [5, 5.41) is 7.20. The molecule has 1 heterocycles. The number of methoxy groups -OCH3 is 1. The molecule has 0 aliphatic heterocycles. The SMILES string of the molecule is CCOCCOc1nc(-c2ccc(C(F)(F)F)cc2)n(-c2ccc(NC(=O)c3cccc(OC)c3)cc2)n1. The molecule has 3 aromatic carbocycles. The molecule has 1 aromatic heterocycles. The number of anilines is 1. The van der Waals surface area contributed by atoms with E-state index in [1.165, 1.54) is 23.9 Å². The summed E-state index contributed by atoms with van der Waals surface area (Å²) < 4.78 is 56.6. The lowest BCUT2D eigenvalue weighted by atomic mass is 10.1. The highest BCUT2D eigenvalue weighted by molar-refractivity contribution is 6.04. The number of benzene rings is 3. The smallest absolute Gasteiger partial charge is 0.416 e. The standard InChI is InChI=1S/C27H25F3N4O4/c1-3-37-15-16-38-26-32-24(18-7-9-20(10-8-18)27(28,29)30)34(33-26)22-13-11-21(12-14-22)31-25(35)19-5-4-6-23(17-19)36-2/h4-14,17H,3,15-16H2,1-2H3,(H,31,35). The third-order valence-electron chi connectivity index (χ3n) is 5.42. The van der Waals surface area contributed by atoms with Crippen LogP contribution in [0.1, 0.15) is 22.8 Å². The van der Waals surface area contributed by atoms with Gasteiger partial charge in [-0.1, -0.05) is 18.2 Å². The molecule has 0 fully saturated rings. The number of rotatable bonds is 10.